The average Bonchev–Trinajstić information content (AvgIpc) is 3.51. The van der Waals surface area contributed by atoms with Crippen molar-refractivity contribution in [2.75, 3.05) is 53.6 Å². The lowest BCUT2D eigenvalue weighted by molar-refractivity contribution is 0.0369. The fourth-order valence-corrected chi connectivity index (χ4v) is 5.50. The standard InChI is InChI=1S/C23H30N4O5/c1-15-24-22(32-25-15)23-13-26(18-4-6-31-7-5-18)11-17(23)12-27(14-23)21(28)16-8-19(29-2)10-20(9-16)30-3/h8-10,17-18H,4-7,11-14H2,1-3H3. The number of rotatable bonds is 5. The molecule has 9 nitrogen and oxygen atoms in total. The second kappa shape index (κ2) is 8.37. The van der Waals surface area contributed by atoms with Gasteiger partial charge in [0, 0.05) is 63.0 Å². The van der Waals surface area contributed by atoms with Crippen molar-refractivity contribution in [1.82, 2.24) is 19.9 Å². The minimum atomic E-state index is -0.349. The van der Waals surface area contributed by atoms with E-state index in [2.05, 4.69) is 15.0 Å². The van der Waals surface area contributed by atoms with Crippen LogP contribution in [0.15, 0.2) is 22.7 Å². The molecule has 1 aromatic carbocycles. The Bertz CT molecular complexity index is 966. The van der Waals surface area contributed by atoms with Gasteiger partial charge in [0.25, 0.3) is 5.91 Å². The zero-order valence-corrected chi connectivity index (χ0v) is 18.9. The third-order valence-corrected chi connectivity index (χ3v) is 7.18. The Labute approximate surface area is 187 Å². The molecule has 3 fully saturated rings. The zero-order valence-electron chi connectivity index (χ0n) is 18.9. The number of aromatic nitrogens is 2. The van der Waals surface area contributed by atoms with Crippen molar-refractivity contribution in [3.63, 3.8) is 0 Å². The molecule has 3 saturated heterocycles. The highest BCUT2D eigenvalue weighted by Crippen LogP contribution is 2.46. The van der Waals surface area contributed by atoms with E-state index in [1.165, 1.54) is 0 Å². The van der Waals surface area contributed by atoms with Gasteiger partial charge in [-0.25, -0.2) is 0 Å². The topological polar surface area (TPSA) is 90.2 Å². The van der Waals surface area contributed by atoms with Crippen LogP contribution in [0.5, 0.6) is 11.5 Å². The van der Waals surface area contributed by atoms with E-state index >= 15 is 0 Å². The van der Waals surface area contributed by atoms with Gasteiger partial charge in [0.15, 0.2) is 5.82 Å². The Balaban J connectivity index is 1.42. The monoisotopic (exact) mass is 442 g/mol. The molecule has 2 unspecified atom stereocenters. The normalized spacial score (nSPS) is 26.3. The first-order valence-electron chi connectivity index (χ1n) is 11.2. The second-order valence-corrected chi connectivity index (χ2v) is 9.06. The summed E-state index contributed by atoms with van der Waals surface area (Å²) in [4.78, 5) is 22.6. The van der Waals surface area contributed by atoms with Gasteiger partial charge in [-0.2, -0.15) is 4.98 Å². The van der Waals surface area contributed by atoms with Gasteiger partial charge >= 0.3 is 0 Å². The van der Waals surface area contributed by atoms with Gasteiger partial charge in [-0.05, 0) is 31.9 Å². The number of methoxy groups -OCH3 is 2. The van der Waals surface area contributed by atoms with Crippen LogP contribution in [0.2, 0.25) is 0 Å². The van der Waals surface area contributed by atoms with Crippen LogP contribution in [0.25, 0.3) is 0 Å². The highest BCUT2D eigenvalue weighted by Gasteiger charge is 2.58. The highest BCUT2D eigenvalue weighted by atomic mass is 16.5. The first-order valence-corrected chi connectivity index (χ1v) is 11.2. The number of nitrogens with zero attached hydrogens (tertiary/aromatic N) is 4. The lowest BCUT2D eigenvalue weighted by Crippen LogP contribution is -2.44. The molecule has 0 saturated carbocycles. The van der Waals surface area contributed by atoms with Crippen LogP contribution in [0.4, 0.5) is 0 Å². The van der Waals surface area contributed by atoms with Gasteiger partial charge in [-0.1, -0.05) is 5.16 Å². The van der Waals surface area contributed by atoms with Crippen LogP contribution in [-0.4, -0.2) is 85.5 Å². The fraction of sp³-hybridized carbons (Fsp3) is 0.609. The molecule has 0 N–H and O–H groups in total. The number of carbonyl (C=O) groups excluding carboxylic acids is 1. The predicted octanol–water partition coefficient (Wildman–Crippen LogP) is 1.90. The summed E-state index contributed by atoms with van der Waals surface area (Å²) >= 11 is 0. The quantitative estimate of drug-likeness (QED) is 0.694. The number of fused-ring (bicyclic) bond motifs is 1. The summed E-state index contributed by atoms with van der Waals surface area (Å²) in [5.74, 6) is 2.67. The van der Waals surface area contributed by atoms with Crippen molar-refractivity contribution >= 4 is 5.91 Å². The Morgan fingerprint density at radius 3 is 2.44 bits per heavy atom. The molecule has 1 amide bonds. The molecule has 3 aliphatic rings. The number of amides is 1. The average molecular weight is 443 g/mol. The van der Waals surface area contributed by atoms with Crippen LogP contribution >= 0.6 is 0 Å². The molecule has 0 aliphatic carbocycles. The lowest BCUT2D eigenvalue weighted by atomic mass is 9.81. The number of carbonyl (C=O) groups is 1. The van der Waals surface area contributed by atoms with E-state index in [9.17, 15) is 4.79 Å². The summed E-state index contributed by atoms with van der Waals surface area (Å²) in [6, 6.07) is 5.79. The Morgan fingerprint density at radius 2 is 1.81 bits per heavy atom. The van der Waals surface area contributed by atoms with Crippen molar-refractivity contribution in [2.45, 2.75) is 31.2 Å². The molecular formula is C23H30N4O5. The van der Waals surface area contributed by atoms with Crippen LogP contribution in [0.1, 0.15) is 34.9 Å². The summed E-state index contributed by atoms with van der Waals surface area (Å²) in [5, 5.41) is 4.07. The first-order chi connectivity index (χ1) is 15.5. The Morgan fingerprint density at radius 1 is 1.09 bits per heavy atom. The van der Waals surface area contributed by atoms with E-state index in [1.54, 1.807) is 32.4 Å². The molecule has 32 heavy (non-hydrogen) atoms. The van der Waals surface area contributed by atoms with Gasteiger partial charge in [0.1, 0.15) is 11.5 Å². The van der Waals surface area contributed by atoms with E-state index in [0.29, 0.717) is 47.9 Å². The Hall–Kier alpha value is -2.65. The second-order valence-electron chi connectivity index (χ2n) is 9.06. The largest absolute Gasteiger partial charge is 0.497 e. The number of hydrogen-bond acceptors (Lipinski definition) is 8. The molecule has 0 spiro atoms. The fourth-order valence-electron chi connectivity index (χ4n) is 5.50. The number of ether oxygens (including phenoxy) is 3. The smallest absolute Gasteiger partial charge is 0.254 e. The molecule has 0 radical (unpaired) electrons. The van der Waals surface area contributed by atoms with E-state index in [-0.39, 0.29) is 17.2 Å². The van der Waals surface area contributed by atoms with Crippen molar-refractivity contribution < 1.29 is 23.5 Å². The van der Waals surface area contributed by atoms with Gasteiger partial charge in [0.2, 0.25) is 5.89 Å². The summed E-state index contributed by atoms with van der Waals surface area (Å²) in [7, 11) is 3.17. The highest BCUT2D eigenvalue weighted by molar-refractivity contribution is 5.95. The molecule has 9 heteroatoms. The van der Waals surface area contributed by atoms with Gasteiger partial charge < -0.3 is 23.6 Å². The minimum absolute atomic E-state index is 0.0372. The van der Waals surface area contributed by atoms with Crippen molar-refractivity contribution in [1.29, 1.82) is 0 Å². The third kappa shape index (κ3) is 3.63. The molecule has 4 heterocycles. The van der Waals surface area contributed by atoms with Crippen molar-refractivity contribution in [3.8, 4) is 11.5 Å². The zero-order chi connectivity index (χ0) is 22.3. The van der Waals surface area contributed by atoms with Gasteiger partial charge in [0.05, 0.1) is 19.6 Å². The number of aryl methyl sites for hydroxylation is 1. The molecular weight excluding hydrogens is 412 g/mol. The van der Waals surface area contributed by atoms with E-state index in [1.807, 2.05) is 11.8 Å². The van der Waals surface area contributed by atoms with E-state index in [0.717, 1.165) is 39.1 Å². The first kappa shape index (κ1) is 21.2. The van der Waals surface area contributed by atoms with Crippen LogP contribution in [-0.2, 0) is 10.2 Å². The third-order valence-electron chi connectivity index (χ3n) is 7.18. The summed E-state index contributed by atoms with van der Waals surface area (Å²) < 4.78 is 22.0. The number of benzene rings is 1. The Kier molecular flexibility index (Phi) is 5.54. The van der Waals surface area contributed by atoms with Crippen LogP contribution < -0.4 is 9.47 Å². The van der Waals surface area contributed by atoms with Gasteiger partial charge in [-0.3, -0.25) is 9.69 Å². The molecule has 3 aliphatic heterocycles. The number of likely N-dealkylation sites (tertiary alicyclic amines) is 2. The van der Waals surface area contributed by atoms with Crippen LogP contribution in [0.3, 0.4) is 0 Å². The molecule has 5 rings (SSSR count). The molecule has 0 bridgehead atoms. The van der Waals surface area contributed by atoms with Crippen LogP contribution in [0, 0.1) is 12.8 Å². The summed E-state index contributed by atoms with van der Waals surface area (Å²) in [6.45, 7) is 6.38. The maximum atomic E-state index is 13.5. The van der Waals surface area contributed by atoms with Crippen molar-refractivity contribution in [2.24, 2.45) is 5.92 Å². The molecule has 172 valence electrons. The van der Waals surface area contributed by atoms with Gasteiger partial charge in [-0.15, -0.1) is 0 Å². The SMILES string of the molecule is COc1cc(OC)cc(C(=O)N2CC3CN(C4CCOCC4)CC3(c3nc(C)no3)C2)c1. The minimum Gasteiger partial charge on any atom is -0.497 e. The maximum absolute atomic E-state index is 13.5. The lowest BCUT2D eigenvalue weighted by Gasteiger charge is -2.33. The summed E-state index contributed by atoms with van der Waals surface area (Å²) in [6.07, 6.45) is 2.08. The van der Waals surface area contributed by atoms with E-state index < -0.39 is 0 Å². The maximum Gasteiger partial charge on any atom is 0.254 e. The number of hydrogen-bond donors (Lipinski definition) is 0. The van der Waals surface area contributed by atoms with E-state index in [4.69, 9.17) is 18.7 Å². The molecule has 2 atom stereocenters. The predicted molar refractivity (Wildman–Crippen MR) is 115 cm³/mol. The molecule has 2 aromatic rings. The summed E-state index contributed by atoms with van der Waals surface area (Å²) in [5.41, 5.74) is 0.206. The van der Waals surface area contributed by atoms with Crippen molar-refractivity contribution in [3.05, 3.63) is 35.5 Å². The molecule has 1 aromatic heterocycles.